The van der Waals surface area contributed by atoms with Crippen molar-refractivity contribution in [2.45, 2.75) is 58.2 Å². The highest BCUT2D eigenvalue weighted by Gasteiger charge is 2.34. The molecule has 6 nitrogen and oxygen atoms in total. The molecule has 1 aromatic carbocycles. The molecule has 27 heavy (non-hydrogen) atoms. The van der Waals surface area contributed by atoms with E-state index in [1.54, 1.807) is 24.3 Å². The van der Waals surface area contributed by atoms with E-state index in [1.807, 2.05) is 0 Å². The van der Waals surface area contributed by atoms with Gasteiger partial charge in [0.25, 0.3) is 0 Å². The highest BCUT2D eigenvalue weighted by atomic mass is 19.3. The van der Waals surface area contributed by atoms with Crippen molar-refractivity contribution in [2.24, 2.45) is 5.92 Å². The molecule has 2 aromatic rings. The number of hydrogen-bond acceptors (Lipinski definition) is 4. The number of nitrogens with one attached hydrogen (secondary N) is 1. The largest absolute Gasteiger partial charge is 0.453 e. The van der Waals surface area contributed by atoms with Crippen LogP contribution in [0.25, 0.3) is 11.0 Å². The van der Waals surface area contributed by atoms with Gasteiger partial charge >= 0.3 is 12.5 Å². The molecule has 146 valence electrons. The first-order valence-electron chi connectivity index (χ1n) is 9.11. The molecule has 8 heteroatoms. The smallest absolute Gasteiger partial charge is 0.329 e. The molecule has 1 aliphatic carbocycles. The fourth-order valence-corrected chi connectivity index (χ4v) is 3.73. The zero-order valence-electron chi connectivity index (χ0n) is 15.3. The van der Waals surface area contributed by atoms with Crippen LogP contribution < -0.4 is 5.32 Å². The fourth-order valence-electron chi connectivity index (χ4n) is 3.73. The van der Waals surface area contributed by atoms with Gasteiger partial charge in [-0.1, -0.05) is 25.0 Å². The number of fused-ring (bicyclic) bond motifs is 1. The van der Waals surface area contributed by atoms with Crippen molar-refractivity contribution in [3.63, 3.8) is 0 Å². The SMILES string of the molecule is CC(=O)N[C@H](C(=O)O[C@H](C)c1nc2ccccc2n1C(F)F)C1CCCC1. The molecule has 1 aliphatic rings. The minimum atomic E-state index is -2.81. The van der Waals surface area contributed by atoms with E-state index in [1.165, 1.54) is 13.8 Å². The molecule has 0 bridgehead atoms. The molecule has 1 amide bonds. The fraction of sp³-hybridized carbons (Fsp3) is 0.526. The lowest BCUT2D eigenvalue weighted by molar-refractivity contribution is -0.154. The zero-order valence-corrected chi connectivity index (χ0v) is 15.3. The van der Waals surface area contributed by atoms with E-state index >= 15 is 0 Å². The second-order valence-corrected chi connectivity index (χ2v) is 6.91. The third-order valence-corrected chi connectivity index (χ3v) is 4.96. The Hall–Kier alpha value is -2.51. The summed E-state index contributed by atoms with van der Waals surface area (Å²) in [4.78, 5) is 28.4. The standard InChI is InChI=1S/C19H23F2N3O3/c1-11(17-23-14-9-5-6-10-15(14)24(17)19(20)21)27-18(26)16(22-12(2)25)13-7-3-4-8-13/h5-6,9-11,13,16,19H,3-4,7-8H2,1-2H3,(H,22,25)/t11-,16+/m1/s1. The third kappa shape index (κ3) is 4.09. The molecule has 0 unspecified atom stereocenters. The van der Waals surface area contributed by atoms with Gasteiger partial charge in [-0.15, -0.1) is 0 Å². The highest BCUT2D eigenvalue weighted by Crippen LogP contribution is 2.31. The Labute approximate surface area is 155 Å². The Morgan fingerprint density at radius 1 is 1.26 bits per heavy atom. The summed E-state index contributed by atoms with van der Waals surface area (Å²) in [6.45, 7) is 0.0429. The molecule has 2 atom stereocenters. The molecule has 0 radical (unpaired) electrons. The van der Waals surface area contributed by atoms with Crippen molar-refractivity contribution >= 4 is 22.9 Å². The van der Waals surface area contributed by atoms with Crippen LogP contribution in [0, 0.1) is 5.92 Å². The second kappa shape index (κ2) is 8.02. The lowest BCUT2D eigenvalue weighted by Gasteiger charge is -2.24. The van der Waals surface area contributed by atoms with Crippen molar-refractivity contribution in [1.82, 2.24) is 14.9 Å². The van der Waals surface area contributed by atoms with Crippen molar-refractivity contribution in [3.8, 4) is 0 Å². The van der Waals surface area contributed by atoms with E-state index in [4.69, 9.17) is 4.74 Å². The monoisotopic (exact) mass is 379 g/mol. The first kappa shape index (κ1) is 19.3. The third-order valence-electron chi connectivity index (χ3n) is 4.96. The first-order chi connectivity index (χ1) is 12.9. The van der Waals surface area contributed by atoms with Gasteiger partial charge < -0.3 is 10.1 Å². The maximum absolute atomic E-state index is 13.6. The molecular formula is C19H23F2N3O3. The van der Waals surface area contributed by atoms with Gasteiger partial charge in [-0.25, -0.2) is 9.78 Å². The number of imidazole rings is 1. The van der Waals surface area contributed by atoms with Crippen LogP contribution in [0.3, 0.4) is 0 Å². The van der Waals surface area contributed by atoms with Gasteiger partial charge in [-0.2, -0.15) is 8.78 Å². The number of ether oxygens (including phenoxy) is 1. The van der Waals surface area contributed by atoms with E-state index in [-0.39, 0.29) is 23.2 Å². The number of carbonyl (C=O) groups is 2. The van der Waals surface area contributed by atoms with Gasteiger partial charge in [0.2, 0.25) is 5.91 Å². The summed E-state index contributed by atoms with van der Waals surface area (Å²) in [7, 11) is 0. The van der Waals surface area contributed by atoms with E-state index in [2.05, 4.69) is 10.3 Å². The Morgan fingerprint density at radius 3 is 2.56 bits per heavy atom. The number of benzene rings is 1. The van der Waals surface area contributed by atoms with Crippen molar-refractivity contribution in [2.75, 3.05) is 0 Å². The van der Waals surface area contributed by atoms with Gasteiger partial charge in [0.05, 0.1) is 11.0 Å². The summed E-state index contributed by atoms with van der Waals surface area (Å²) in [6, 6.07) is 5.77. The zero-order chi connectivity index (χ0) is 19.6. The summed E-state index contributed by atoms with van der Waals surface area (Å²) >= 11 is 0. The van der Waals surface area contributed by atoms with Crippen LogP contribution in [-0.4, -0.2) is 27.5 Å². The van der Waals surface area contributed by atoms with E-state index < -0.39 is 24.7 Å². The van der Waals surface area contributed by atoms with Crippen LogP contribution in [0.5, 0.6) is 0 Å². The minimum Gasteiger partial charge on any atom is -0.453 e. The number of amides is 1. The summed E-state index contributed by atoms with van der Waals surface area (Å²) in [5, 5.41) is 2.65. The van der Waals surface area contributed by atoms with Crippen LogP contribution in [0.1, 0.15) is 58.0 Å². The Kier molecular flexibility index (Phi) is 5.72. The number of nitrogens with zero attached hydrogens (tertiary/aromatic N) is 2. The maximum atomic E-state index is 13.6. The highest BCUT2D eigenvalue weighted by molar-refractivity contribution is 5.83. The van der Waals surface area contributed by atoms with Crippen LogP contribution >= 0.6 is 0 Å². The molecule has 0 spiro atoms. The molecular weight excluding hydrogens is 356 g/mol. The van der Waals surface area contributed by atoms with Crippen LogP contribution in [0.4, 0.5) is 8.78 Å². The molecule has 1 N–H and O–H groups in total. The Balaban J connectivity index is 1.84. The molecule has 1 saturated carbocycles. The first-order valence-corrected chi connectivity index (χ1v) is 9.11. The number of hydrogen-bond donors (Lipinski definition) is 1. The van der Waals surface area contributed by atoms with Crippen molar-refractivity contribution in [1.29, 1.82) is 0 Å². The van der Waals surface area contributed by atoms with Gasteiger partial charge in [-0.05, 0) is 37.8 Å². The normalized spacial score (nSPS) is 17.2. The lowest BCUT2D eigenvalue weighted by atomic mass is 9.98. The molecule has 1 heterocycles. The lowest BCUT2D eigenvalue weighted by Crippen LogP contribution is -2.45. The average molecular weight is 379 g/mol. The number of halogens is 2. The predicted octanol–water partition coefficient (Wildman–Crippen LogP) is 3.73. The van der Waals surface area contributed by atoms with E-state index in [0.29, 0.717) is 5.52 Å². The van der Waals surface area contributed by atoms with Gasteiger partial charge in [0.15, 0.2) is 11.9 Å². The molecule has 1 aromatic heterocycles. The summed E-state index contributed by atoms with van der Waals surface area (Å²) in [6.07, 6.45) is 2.65. The number of aromatic nitrogens is 2. The summed E-state index contributed by atoms with van der Waals surface area (Å²) in [5.74, 6) is -0.955. The van der Waals surface area contributed by atoms with E-state index in [0.717, 1.165) is 30.3 Å². The summed E-state index contributed by atoms with van der Waals surface area (Å²) < 4.78 is 33.4. The molecule has 0 aliphatic heterocycles. The molecule has 1 fully saturated rings. The topological polar surface area (TPSA) is 73.2 Å². The second-order valence-electron chi connectivity index (χ2n) is 6.91. The summed E-state index contributed by atoms with van der Waals surface area (Å²) in [5.41, 5.74) is 0.685. The minimum absolute atomic E-state index is 0.00233. The predicted molar refractivity (Wildman–Crippen MR) is 95.1 cm³/mol. The molecule has 3 rings (SSSR count). The number of carbonyl (C=O) groups excluding carboxylic acids is 2. The van der Waals surface area contributed by atoms with Crippen LogP contribution in [-0.2, 0) is 14.3 Å². The maximum Gasteiger partial charge on any atom is 0.329 e. The Morgan fingerprint density at radius 2 is 1.93 bits per heavy atom. The quantitative estimate of drug-likeness (QED) is 0.776. The van der Waals surface area contributed by atoms with Gasteiger partial charge in [0, 0.05) is 6.92 Å². The number of esters is 1. The number of para-hydroxylation sites is 2. The Bertz CT molecular complexity index is 831. The van der Waals surface area contributed by atoms with Crippen LogP contribution in [0.2, 0.25) is 0 Å². The van der Waals surface area contributed by atoms with Crippen LogP contribution in [0.15, 0.2) is 24.3 Å². The number of rotatable bonds is 6. The van der Waals surface area contributed by atoms with E-state index in [9.17, 15) is 18.4 Å². The number of alkyl halides is 2. The van der Waals surface area contributed by atoms with Crippen molar-refractivity contribution < 1.29 is 23.1 Å². The molecule has 0 saturated heterocycles. The average Bonchev–Trinajstić information content (AvgIpc) is 3.26. The van der Waals surface area contributed by atoms with Gasteiger partial charge in [0.1, 0.15) is 6.04 Å². The van der Waals surface area contributed by atoms with Gasteiger partial charge in [-0.3, -0.25) is 9.36 Å². The van der Waals surface area contributed by atoms with Crippen molar-refractivity contribution in [3.05, 3.63) is 30.1 Å².